The van der Waals surface area contributed by atoms with E-state index < -0.39 is 18.0 Å². The van der Waals surface area contributed by atoms with Crippen molar-refractivity contribution >= 4 is 11.7 Å². The summed E-state index contributed by atoms with van der Waals surface area (Å²) in [5.74, 6) is -0.547. The van der Waals surface area contributed by atoms with Crippen molar-refractivity contribution in [1.82, 2.24) is 4.90 Å². The standard InChI is InChI=1S/C18H19F6N3/c1-2-14-25-16(17(19,20)21,18(22,23)24)26-15(12-8-4-3-5-9-12)27(14)13-10-6-7-11-13/h3-5,8-9,13H,2,6-7,10-11H2,1H3. The van der Waals surface area contributed by atoms with Gasteiger partial charge in [0.1, 0.15) is 11.7 Å². The molecule has 0 atom stereocenters. The Kier molecular flexibility index (Phi) is 4.98. The van der Waals surface area contributed by atoms with Crippen LogP contribution in [0, 0.1) is 0 Å². The molecule has 1 aliphatic carbocycles. The molecule has 9 heteroatoms. The molecule has 1 aromatic rings. The van der Waals surface area contributed by atoms with E-state index in [-0.39, 0.29) is 29.7 Å². The highest BCUT2D eigenvalue weighted by atomic mass is 19.4. The Balaban J connectivity index is 2.26. The zero-order valence-electron chi connectivity index (χ0n) is 14.6. The Hall–Kier alpha value is -2.06. The van der Waals surface area contributed by atoms with Crippen LogP contribution >= 0.6 is 0 Å². The highest BCUT2D eigenvalue weighted by molar-refractivity contribution is 6.11. The highest BCUT2D eigenvalue weighted by Gasteiger charge is 2.73. The van der Waals surface area contributed by atoms with Crippen molar-refractivity contribution in [1.29, 1.82) is 0 Å². The first-order valence-electron chi connectivity index (χ1n) is 8.77. The first-order chi connectivity index (χ1) is 12.6. The second-order valence-electron chi connectivity index (χ2n) is 6.66. The van der Waals surface area contributed by atoms with Crippen molar-refractivity contribution in [2.75, 3.05) is 0 Å². The lowest BCUT2D eigenvalue weighted by atomic mass is 10.0. The number of halogens is 6. The monoisotopic (exact) mass is 391 g/mol. The van der Waals surface area contributed by atoms with Crippen LogP contribution in [0.1, 0.15) is 44.6 Å². The van der Waals surface area contributed by atoms with Crippen molar-refractivity contribution in [2.45, 2.75) is 63.1 Å². The fourth-order valence-corrected chi connectivity index (χ4v) is 3.60. The topological polar surface area (TPSA) is 28.0 Å². The number of aliphatic imine (C=N–C) groups is 2. The Bertz CT molecular complexity index is 716. The lowest BCUT2D eigenvalue weighted by Crippen LogP contribution is -2.60. The van der Waals surface area contributed by atoms with Crippen LogP contribution in [0.5, 0.6) is 0 Å². The summed E-state index contributed by atoms with van der Waals surface area (Å²) in [4.78, 5) is 7.92. The first kappa shape index (κ1) is 19.7. The Morgan fingerprint density at radius 1 is 0.963 bits per heavy atom. The van der Waals surface area contributed by atoms with E-state index in [1.807, 2.05) is 0 Å². The number of nitrogens with zero attached hydrogens (tertiary/aromatic N) is 3. The van der Waals surface area contributed by atoms with Gasteiger partial charge in [0.05, 0.1) is 0 Å². The molecule has 3 nitrogen and oxygen atoms in total. The van der Waals surface area contributed by atoms with Gasteiger partial charge in [-0.2, -0.15) is 26.3 Å². The van der Waals surface area contributed by atoms with Crippen molar-refractivity contribution in [3.8, 4) is 0 Å². The van der Waals surface area contributed by atoms with Crippen molar-refractivity contribution in [3.63, 3.8) is 0 Å². The fourth-order valence-electron chi connectivity index (χ4n) is 3.60. The molecule has 0 bridgehead atoms. The van der Waals surface area contributed by atoms with Crippen LogP contribution in [0.25, 0.3) is 0 Å². The molecule has 3 rings (SSSR count). The van der Waals surface area contributed by atoms with Crippen molar-refractivity contribution < 1.29 is 26.3 Å². The lowest BCUT2D eigenvalue weighted by Gasteiger charge is -2.41. The summed E-state index contributed by atoms with van der Waals surface area (Å²) in [6.45, 7) is 1.51. The Morgan fingerprint density at radius 2 is 1.52 bits per heavy atom. The summed E-state index contributed by atoms with van der Waals surface area (Å²) in [6.07, 6.45) is -8.38. The lowest BCUT2D eigenvalue weighted by molar-refractivity contribution is -0.293. The normalized spacial score (nSPS) is 21.2. The van der Waals surface area contributed by atoms with Gasteiger partial charge in [0, 0.05) is 18.0 Å². The van der Waals surface area contributed by atoms with Crippen molar-refractivity contribution in [3.05, 3.63) is 35.9 Å². The van der Waals surface area contributed by atoms with Gasteiger partial charge in [0.15, 0.2) is 0 Å². The molecule has 1 heterocycles. The summed E-state index contributed by atoms with van der Waals surface area (Å²) >= 11 is 0. The van der Waals surface area contributed by atoms with Gasteiger partial charge in [-0.3, -0.25) is 0 Å². The summed E-state index contributed by atoms with van der Waals surface area (Å²) in [6, 6.07) is 7.49. The average molecular weight is 391 g/mol. The molecule has 1 fully saturated rings. The average Bonchev–Trinajstić information content (AvgIpc) is 3.13. The second-order valence-corrected chi connectivity index (χ2v) is 6.66. The maximum Gasteiger partial charge on any atom is 0.443 e. The molecule has 1 saturated carbocycles. The third-order valence-electron chi connectivity index (χ3n) is 4.89. The van der Waals surface area contributed by atoms with Gasteiger partial charge in [-0.05, 0) is 12.8 Å². The SMILES string of the molecule is CCC1=NC(C(F)(F)F)(C(F)(F)F)N=C(c2ccccc2)N1C1CCCC1. The number of alkyl halides is 6. The fraction of sp³-hybridized carbons (Fsp3) is 0.556. The number of hydrogen-bond acceptors (Lipinski definition) is 3. The summed E-state index contributed by atoms with van der Waals surface area (Å²) < 4.78 is 81.9. The predicted octanol–water partition coefficient (Wildman–Crippen LogP) is 5.32. The number of rotatable bonds is 3. The third-order valence-corrected chi connectivity index (χ3v) is 4.89. The van der Waals surface area contributed by atoms with E-state index in [2.05, 4.69) is 9.98 Å². The van der Waals surface area contributed by atoms with Gasteiger partial charge in [-0.15, -0.1) is 0 Å². The van der Waals surface area contributed by atoms with Gasteiger partial charge in [0.25, 0.3) is 0 Å². The molecule has 0 spiro atoms. The second kappa shape index (κ2) is 6.83. The van der Waals surface area contributed by atoms with E-state index in [4.69, 9.17) is 0 Å². The molecule has 1 aromatic carbocycles. The first-order valence-corrected chi connectivity index (χ1v) is 8.77. The van der Waals surface area contributed by atoms with E-state index >= 15 is 0 Å². The van der Waals surface area contributed by atoms with E-state index in [1.165, 1.54) is 24.0 Å². The molecule has 2 aliphatic rings. The van der Waals surface area contributed by atoms with Gasteiger partial charge in [-0.25, -0.2) is 9.98 Å². The molecular formula is C18H19F6N3. The minimum atomic E-state index is -5.70. The molecule has 0 N–H and O–H groups in total. The summed E-state index contributed by atoms with van der Waals surface area (Å²) in [7, 11) is 0. The maximum absolute atomic E-state index is 13.6. The molecular weight excluding hydrogens is 372 g/mol. The summed E-state index contributed by atoms with van der Waals surface area (Å²) in [5.41, 5.74) is -4.27. The molecule has 148 valence electrons. The van der Waals surface area contributed by atoms with Crippen LogP contribution in [-0.2, 0) is 0 Å². The zero-order chi connectivity index (χ0) is 19.9. The van der Waals surface area contributed by atoms with Gasteiger partial charge in [-0.1, -0.05) is 50.1 Å². The van der Waals surface area contributed by atoms with Gasteiger partial charge >= 0.3 is 18.0 Å². The van der Waals surface area contributed by atoms with E-state index in [0.29, 0.717) is 12.8 Å². The largest absolute Gasteiger partial charge is 0.443 e. The third kappa shape index (κ3) is 3.32. The molecule has 0 amide bonds. The molecule has 27 heavy (non-hydrogen) atoms. The number of amidine groups is 2. The number of hydrogen-bond donors (Lipinski definition) is 0. The van der Waals surface area contributed by atoms with Gasteiger partial charge in [0.2, 0.25) is 0 Å². The van der Waals surface area contributed by atoms with Crippen LogP contribution in [0.3, 0.4) is 0 Å². The minimum Gasteiger partial charge on any atom is -0.311 e. The van der Waals surface area contributed by atoms with E-state index in [1.54, 1.807) is 18.2 Å². The van der Waals surface area contributed by atoms with E-state index in [0.717, 1.165) is 12.8 Å². The van der Waals surface area contributed by atoms with Crippen LogP contribution in [0.2, 0.25) is 0 Å². The smallest absolute Gasteiger partial charge is 0.311 e. The Labute approximate surface area is 152 Å². The molecule has 1 aliphatic heterocycles. The van der Waals surface area contributed by atoms with E-state index in [9.17, 15) is 26.3 Å². The minimum absolute atomic E-state index is 0.0593. The molecule has 0 saturated heterocycles. The highest BCUT2D eigenvalue weighted by Crippen LogP contribution is 2.49. The number of benzene rings is 1. The molecule has 0 aromatic heterocycles. The van der Waals surface area contributed by atoms with Crippen LogP contribution in [-0.4, -0.2) is 40.6 Å². The molecule has 0 radical (unpaired) electrons. The zero-order valence-corrected chi connectivity index (χ0v) is 14.6. The van der Waals surface area contributed by atoms with Crippen molar-refractivity contribution in [2.24, 2.45) is 9.98 Å². The van der Waals surface area contributed by atoms with Gasteiger partial charge < -0.3 is 4.90 Å². The summed E-state index contributed by atoms with van der Waals surface area (Å²) in [5, 5.41) is 0. The predicted molar refractivity (Wildman–Crippen MR) is 89.6 cm³/mol. The molecule has 0 unspecified atom stereocenters. The Morgan fingerprint density at radius 3 is 2.00 bits per heavy atom. The van der Waals surface area contributed by atoms with Crippen LogP contribution in [0.15, 0.2) is 40.3 Å². The van der Waals surface area contributed by atoms with Crippen LogP contribution in [0.4, 0.5) is 26.3 Å². The van der Waals surface area contributed by atoms with Crippen LogP contribution < -0.4 is 0 Å². The quantitative estimate of drug-likeness (QED) is 0.641. The maximum atomic E-state index is 13.6.